The van der Waals surface area contributed by atoms with Crippen LogP contribution in [-0.4, -0.2) is 19.2 Å². The van der Waals surface area contributed by atoms with Gasteiger partial charge in [0.15, 0.2) is 5.75 Å². The van der Waals surface area contributed by atoms with Crippen molar-refractivity contribution < 1.29 is 24.0 Å². The fraction of sp³-hybridized carbons (Fsp3) is 0.310. The summed E-state index contributed by atoms with van der Waals surface area (Å²) in [7, 11) is 0. The Hall–Kier alpha value is -4.61. The number of hydrogen-bond acceptors (Lipinski definition) is 5. The first-order valence-electron chi connectivity index (χ1n) is 17.0. The van der Waals surface area contributed by atoms with Crippen LogP contribution in [0.2, 0.25) is 0 Å². The van der Waals surface area contributed by atoms with Crippen LogP contribution < -0.4 is 14.4 Å². The number of fused-ring (bicyclic) bond motifs is 4. The minimum Gasteiger partial charge on any atom is -0.494 e. The number of esters is 1. The molecule has 0 fully saturated rings. The van der Waals surface area contributed by atoms with Crippen LogP contribution in [0.3, 0.4) is 0 Å². The van der Waals surface area contributed by atoms with Gasteiger partial charge in [0, 0.05) is 22.6 Å². The lowest BCUT2D eigenvalue weighted by atomic mass is 9.76. The van der Waals surface area contributed by atoms with Gasteiger partial charge in [0.25, 0.3) is 0 Å². The van der Waals surface area contributed by atoms with Crippen molar-refractivity contribution >= 4 is 18.1 Å². The first-order valence-corrected chi connectivity index (χ1v) is 17.0. The number of ether oxygens (including phenoxy) is 2. The molecule has 0 aromatic heterocycles. The quantitative estimate of drug-likeness (QED) is 0.0348. The van der Waals surface area contributed by atoms with E-state index in [9.17, 15) is 4.79 Å². The largest absolute Gasteiger partial charge is 0.494 e. The number of aryl methyl sites for hydroxylation is 3. The van der Waals surface area contributed by atoms with E-state index < -0.39 is 5.97 Å². The normalized spacial score (nSPS) is 16.6. The molecule has 47 heavy (non-hydrogen) atoms. The summed E-state index contributed by atoms with van der Waals surface area (Å²) in [4.78, 5) is 24.8. The molecule has 5 heteroatoms. The zero-order valence-corrected chi connectivity index (χ0v) is 27.5. The Labute approximate surface area is 278 Å². The predicted molar refractivity (Wildman–Crippen MR) is 188 cm³/mol. The Morgan fingerprint density at radius 2 is 1.43 bits per heavy atom. The molecule has 2 aliphatic rings. The number of unbranched alkanes of at least 4 members (excludes halogenated alkanes) is 3. The smallest absolute Gasteiger partial charge is 0.336 e. The maximum atomic E-state index is 13.1. The monoisotopic (exact) mass is 628 g/mol. The first kappa shape index (κ1) is 32.3. The fourth-order valence-corrected chi connectivity index (χ4v) is 6.96. The average molecular weight is 629 g/mol. The molecule has 1 spiro atoms. The minimum atomic E-state index is -0.400. The maximum absolute atomic E-state index is 13.1. The molecule has 0 bridgehead atoms. The standard InChI is InChI=1S/C42H44O5/c1-3-4-5-6-29-44-36-22-19-33(20-23-36)21-24-39(43)46-37-13-7-11-34-25-27-42(40(34)37)28-26-35-12-8-14-38(41(35)42)47-45-30-9-10-32-17-15-31(2)16-18-32/h7-24H,3-6,25-30H2,1-2H3/b10-9+,24-21?. The highest BCUT2D eigenvalue weighted by molar-refractivity contribution is 5.89. The Morgan fingerprint density at radius 1 is 0.766 bits per heavy atom. The Balaban J connectivity index is 1.13. The summed E-state index contributed by atoms with van der Waals surface area (Å²) in [6, 6.07) is 28.4. The molecule has 4 aromatic rings. The molecule has 0 radical (unpaired) electrons. The van der Waals surface area contributed by atoms with Crippen LogP contribution >= 0.6 is 0 Å². The topological polar surface area (TPSA) is 54.0 Å². The summed E-state index contributed by atoms with van der Waals surface area (Å²) in [5, 5.41) is 0. The molecule has 6 rings (SSSR count). The third kappa shape index (κ3) is 7.69. The molecule has 1 unspecified atom stereocenters. The summed E-state index contributed by atoms with van der Waals surface area (Å²) in [5.41, 5.74) is 7.68. The summed E-state index contributed by atoms with van der Waals surface area (Å²) in [6.07, 6.45) is 15.7. The van der Waals surface area contributed by atoms with Crippen molar-refractivity contribution in [3.8, 4) is 17.2 Å². The van der Waals surface area contributed by atoms with E-state index in [1.165, 1.54) is 42.0 Å². The van der Waals surface area contributed by atoms with Gasteiger partial charge in [-0.2, -0.15) is 4.89 Å². The van der Waals surface area contributed by atoms with E-state index in [1.807, 2.05) is 60.7 Å². The highest BCUT2D eigenvalue weighted by atomic mass is 17.2. The van der Waals surface area contributed by atoms with Crippen molar-refractivity contribution in [2.45, 2.75) is 70.6 Å². The zero-order valence-electron chi connectivity index (χ0n) is 27.5. The Kier molecular flexibility index (Phi) is 10.5. The van der Waals surface area contributed by atoms with Crippen molar-refractivity contribution in [2.75, 3.05) is 13.2 Å². The third-order valence-corrected chi connectivity index (χ3v) is 9.29. The molecule has 5 nitrogen and oxygen atoms in total. The molecule has 1 atom stereocenters. The Bertz CT molecular complexity index is 1710. The van der Waals surface area contributed by atoms with E-state index in [1.54, 1.807) is 6.08 Å². The highest BCUT2D eigenvalue weighted by Gasteiger charge is 2.48. The van der Waals surface area contributed by atoms with E-state index in [-0.39, 0.29) is 5.41 Å². The molecular weight excluding hydrogens is 584 g/mol. The summed E-state index contributed by atoms with van der Waals surface area (Å²) in [6.45, 7) is 5.33. The van der Waals surface area contributed by atoms with E-state index in [4.69, 9.17) is 19.2 Å². The van der Waals surface area contributed by atoms with Gasteiger partial charge in [-0.05, 0) is 91.6 Å². The van der Waals surface area contributed by atoms with Crippen molar-refractivity contribution in [1.29, 1.82) is 0 Å². The lowest BCUT2D eigenvalue weighted by Crippen LogP contribution is -2.24. The molecule has 4 aromatic carbocycles. The van der Waals surface area contributed by atoms with Gasteiger partial charge in [-0.3, -0.25) is 0 Å². The van der Waals surface area contributed by atoms with Crippen LogP contribution in [0, 0.1) is 6.92 Å². The molecular formula is C42H44O5. The van der Waals surface area contributed by atoms with E-state index >= 15 is 0 Å². The van der Waals surface area contributed by atoms with E-state index in [0.29, 0.717) is 12.4 Å². The molecule has 0 heterocycles. The lowest BCUT2D eigenvalue weighted by Gasteiger charge is -2.29. The lowest BCUT2D eigenvalue weighted by molar-refractivity contribution is -0.196. The second-order valence-corrected chi connectivity index (χ2v) is 12.6. The second kappa shape index (κ2) is 15.3. The van der Waals surface area contributed by atoms with Crippen LogP contribution in [0.5, 0.6) is 17.2 Å². The van der Waals surface area contributed by atoms with Crippen molar-refractivity contribution in [3.05, 3.63) is 136 Å². The SMILES string of the molecule is CCCCCCOc1ccc(C=CC(=O)Oc2cccc3c2C2(CCc4cccc(OOC/C=C/c5ccc(C)cc5)c42)CC3)cc1. The highest BCUT2D eigenvalue weighted by Crippen LogP contribution is 2.57. The van der Waals surface area contributed by atoms with E-state index in [2.05, 4.69) is 50.2 Å². The number of carbonyl (C=O) groups excluding carboxylic acids is 1. The molecule has 0 N–H and O–H groups in total. The van der Waals surface area contributed by atoms with Gasteiger partial charge in [0.1, 0.15) is 18.1 Å². The zero-order chi connectivity index (χ0) is 32.5. The fourth-order valence-electron chi connectivity index (χ4n) is 6.96. The number of hydrogen-bond donors (Lipinski definition) is 0. The van der Waals surface area contributed by atoms with Crippen LogP contribution in [0.4, 0.5) is 0 Å². The van der Waals surface area contributed by atoms with Crippen molar-refractivity contribution in [2.24, 2.45) is 0 Å². The average Bonchev–Trinajstić information content (AvgIpc) is 3.67. The van der Waals surface area contributed by atoms with Gasteiger partial charge in [0.2, 0.25) is 0 Å². The van der Waals surface area contributed by atoms with Gasteiger partial charge in [-0.15, -0.1) is 0 Å². The van der Waals surface area contributed by atoms with Gasteiger partial charge in [-0.25, -0.2) is 4.79 Å². The maximum Gasteiger partial charge on any atom is 0.336 e. The Morgan fingerprint density at radius 3 is 2.15 bits per heavy atom. The summed E-state index contributed by atoms with van der Waals surface area (Å²) in [5.74, 6) is 1.79. The molecule has 0 saturated carbocycles. The van der Waals surface area contributed by atoms with Gasteiger partial charge in [-0.1, -0.05) is 105 Å². The number of carbonyl (C=O) groups is 1. The number of benzene rings is 4. The summed E-state index contributed by atoms with van der Waals surface area (Å²) >= 11 is 0. The van der Waals surface area contributed by atoms with Crippen LogP contribution in [0.15, 0.2) is 97.1 Å². The summed E-state index contributed by atoms with van der Waals surface area (Å²) < 4.78 is 11.9. The number of rotatable bonds is 14. The van der Waals surface area contributed by atoms with Gasteiger partial charge < -0.3 is 14.4 Å². The predicted octanol–water partition coefficient (Wildman–Crippen LogP) is 9.78. The van der Waals surface area contributed by atoms with E-state index in [0.717, 1.165) is 72.5 Å². The molecule has 0 amide bonds. The minimum absolute atomic E-state index is 0.296. The molecule has 2 aliphatic carbocycles. The molecule has 0 aliphatic heterocycles. The van der Waals surface area contributed by atoms with Gasteiger partial charge >= 0.3 is 5.97 Å². The molecule has 0 saturated heterocycles. The second-order valence-electron chi connectivity index (χ2n) is 12.6. The van der Waals surface area contributed by atoms with Crippen LogP contribution in [0.1, 0.15) is 84.4 Å². The van der Waals surface area contributed by atoms with Crippen LogP contribution in [-0.2, 0) is 27.9 Å². The van der Waals surface area contributed by atoms with Gasteiger partial charge in [0.05, 0.1) is 6.61 Å². The third-order valence-electron chi connectivity index (χ3n) is 9.29. The van der Waals surface area contributed by atoms with Crippen LogP contribution in [0.25, 0.3) is 12.2 Å². The molecule has 242 valence electrons. The first-order chi connectivity index (χ1) is 23.1. The van der Waals surface area contributed by atoms with Crippen molar-refractivity contribution in [1.82, 2.24) is 0 Å². The van der Waals surface area contributed by atoms with Crippen molar-refractivity contribution in [3.63, 3.8) is 0 Å².